The number of thioether (sulfide) groups is 1. The zero-order chi connectivity index (χ0) is 17.9. The van der Waals surface area contributed by atoms with Crippen LogP contribution in [0.3, 0.4) is 0 Å². The number of hydrogen-bond donors (Lipinski definition) is 0. The van der Waals surface area contributed by atoms with Crippen LogP contribution < -0.4 is 0 Å². The lowest BCUT2D eigenvalue weighted by atomic mass is 10.2. The van der Waals surface area contributed by atoms with E-state index in [1.54, 1.807) is 0 Å². The van der Waals surface area contributed by atoms with Gasteiger partial charge in [-0.05, 0) is 23.8 Å². The van der Waals surface area contributed by atoms with Crippen LogP contribution in [0.4, 0.5) is 13.2 Å². The fourth-order valence-corrected chi connectivity index (χ4v) is 3.14. The number of rotatable bonds is 5. The lowest BCUT2D eigenvalue weighted by Crippen LogP contribution is -2.05. The van der Waals surface area contributed by atoms with Crippen molar-refractivity contribution in [3.63, 3.8) is 0 Å². The molecule has 1 heterocycles. The van der Waals surface area contributed by atoms with Gasteiger partial charge in [0.15, 0.2) is 0 Å². The predicted octanol–water partition coefficient (Wildman–Crippen LogP) is 5.62. The van der Waals surface area contributed by atoms with E-state index in [9.17, 15) is 13.2 Å². The van der Waals surface area contributed by atoms with Crippen LogP contribution >= 0.6 is 23.4 Å². The first-order chi connectivity index (χ1) is 11.9. The van der Waals surface area contributed by atoms with Crippen LogP contribution in [-0.2, 0) is 18.3 Å². The van der Waals surface area contributed by atoms with Crippen molar-refractivity contribution in [2.45, 2.75) is 23.2 Å². The van der Waals surface area contributed by atoms with Crippen molar-refractivity contribution in [2.75, 3.05) is 0 Å². The van der Waals surface area contributed by atoms with Gasteiger partial charge in [0.1, 0.15) is 0 Å². The van der Waals surface area contributed by atoms with E-state index in [4.69, 9.17) is 16.0 Å². The summed E-state index contributed by atoms with van der Waals surface area (Å²) >= 11 is 6.79. The van der Waals surface area contributed by atoms with E-state index in [1.807, 2.05) is 30.3 Å². The molecule has 0 atom stereocenters. The highest BCUT2D eigenvalue weighted by Crippen LogP contribution is 2.37. The second kappa shape index (κ2) is 7.49. The zero-order valence-corrected chi connectivity index (χ0v) is 14.3. The molecule has 0 unspecified atom stereocenters. The molecular weight excluding hydrogens is 373 g/mol. The molecule has 1 aromatic heterocycles. The first kappa shape index (κ1) is 17.8. The van der Waals surface area contributed by atoms with Gasteiger partial charge in [-0.1, -0.05) is 41.9 Å². The SMILES string of the molecule is FC(F)(F)c1cc(SCc2nnc(Cc3ccccc3)o2)ccc1Cl. The molecule has 0 radical (unpaired) electrons. The average Bonchev–Trinajstić information content (AvgIpc) is 3.01. The number of halogens is 4. The maximum Gasteiger partial charge on any atom is 0.417 e. The van der Waals surface area contributed by atoms with Crippen molar-refractivity contribution in [3.8, 4) is 0 Å². The van der Waals surface area contributed by atoms with E-state index in [-0.39, 0.29) is 10.8 Å². The summed E-state index contributed by atoms with van der Waals surface area (Å²) < 4.78 is 44.1. The van der Waals surface area contributed by atoms with Crippen LogP contribution in [0, 0.1) is 0 Å². The van der Waals surface area contributed by atoms with Gasteiger partial charge < -0.3 is 4.42 Å². The highest BCUT2D eigenvalue weighted by Gasteiger charge is 2.33. The molecule has 0 N–H and O–H groups in total. The van der Waals surface area contributed by atoms with Crippen molar-refractivity contribution in [1.82, 2.24) is 10.2 Å². The Labute approximate surface area is 151 Å². The number of hydrogen-bond acceptors (Lipinski definition) is 4. The molecule has 130 valence electrons. The topological polar surface area (TPSA) is 38.9 Å². The molecule has 25 heavy (non-hydrogen) atoms. The first-order valence-electron chi connectivity index (χ1n) is 7.26. The van der Waals surface area contributed by atoms with Crippen molar-refractivity contribution >= 4 is 23.4 Å². The van der Waals surface area contributed by atoms with Crippen LogP contribution in [0.25, 0.3) is 0 Å². The third kappa shape index (κ3) is 4.76. The minimum Gasteiger partial charge on any atom is -0.424 e. The van der Waals surface area contributed by atoms with Crippen molar-refractivity contribution in [2.24, 2.45) is 0 Å². The largest absolute Gasteiger partial charge is 0.424 e. The van der Waals surface area contributed by atoms with E-state index in [0.717, 1.165) is 11.6 Å². The number of nitrogens with zero attached hydrogens (tertiary/aromatic N) is 2. The van der Waals surface area contributed by atoms with E-state index in [2.05, 4.69) is 10.2 Å². The summed E-state index contributed by atoms with van der Waals surface area (Å²) in [5.74, 6) is 1.11. The molecule has 0 saturated heterocycles. The smallest absolute Gasteiger partial charge is 0.417 e. The molecule has 3 rings (SSSR count). The Hall–Kier alpha value is -1.99. The summed E-state index contributed by atoms with van der Waals surface area (Å²) in [5, 5.41) is 7.57. The number of alkyl halides is 3. The van der Waals surface area contributed by atoms with Gasteiger partial charge in [-0.25, -0.2) is 0 Å². The highest BCUT2D eigenvalue weighted by molar-refractivity contribution is 7.98. The monoisotopic (exact) mass is 384 g/mol. The van der Waals surface area contributed by atoms with Gasteiger partial charge in [0.05, 0.1) is 22.8 Å². The quantitative estimate of drug-likeness (QED) is 0.535. The summed E-state index contributed by atoms with van der Waals surface area (Å²) in [7, 11) is 0. The fourth-order valence-electron chi connectivity index (χ4n) is 2.15. The van der Waals surface area contributed by atoms with E-state index in [1.165, 1.54) is 23.9 Å². The van der Waals surface area contributed by atoms with E-state index < -0.39 is 11.7 Å². The molecule has 0 saturated carbocycles. The summed E-state index contributed by atoms with van der Waals surface area (Å²) in [5.41, 5.74) is 0.187. The summed E-state index contributed by atoms with van der Waals surface area (Å²) in [6.45, 7) is 0. The molecule has 0 spiro atoms. The number of benzene rings is 2. The molecule has 0 aliphatic rings. The van der Waals surface area contributed by atoms with Gasteiger partial charge in [-0.15, -0.1) is 22.0 Å². The molecule has 0 amide bonds. The standard InChI is InChI=1S/C17H12ClF3N2OS/c18-14-7-6-12(9-13(14)17(19,20)21)25-10-16-23-22-15(24-16)8-11-4-2-1-3-5-11/h1-7,9H,8,10H2. The Morgan fingerprint density at radius 3 is 2.44 bits per heavy atom. The van der Waals surface area contributed by atoms with Crippen LogP contribution in [0.2, 0.25) is 5.02 Å². The Bertz CT molecular complexity index is 853. The van der Waals surface area contributed by atoms with Gasteiger partial charge in [0.2, 0.25) is 11.8 Å². The zero-order valence-electron chi connectivity index (χ0n) is 12.8. The molecule has 3 aromatic rings. The third-order valence-corrected chi connectivity index (χ3v) is 4.62. The second-order valence-electron chi connectivity index (χ2n) is 5.18. The van der Waals surface area contributed by atoms with Crippen molar-refractivity contribution < 1.29 is 17.6 Å². The molecule has 0 aliphatic heterocycles. The summed E-state index contributed by atoms with van der Waals surface area (Å²) in [4.78, 5) is 0.430. The van der Waals surface area contributed by atoms with Gasteiger partial charge >= 0.3 is 6.18 Å². The third-order valence-electron chi connectivity index (χ3n) is 3.31. The van der Waals surface area contributed by atoms with Crippen LogP contribution in [0.5, 0.6) is 0 Å². The molecule has 0 aliphatic carbocycles. The Morgan fingerprint density at radius 1 is 1.00 bits per heavy atom. The van der Waals surface area contributed by atoms with Crippen molar-refractivity contribution in [3.05, 3.63) is 76.5 Å². The lowest BCUT2D eigenvalue weighted by Gasteiger charge is -2.10. The second-order valence-corrected chi connectivity index (χ2v) is 6.64. The maximum absolute atomic E-state index is 12.9. The van der Waals surface area contributed by atoms with E-state index in [0.29, 0.717) is 23.1 Å². The van der Waals surface area contributed by atoms with Crippen LogP contribution in [0.1, 0.15) is 22.9 Å². The van der Waals surface area contributed by atoms with Gasteiger partial charge in [0, 0.05) is 4.90 Å². The summed E-state index contributed by atoms with van der Waals surface area (Å²) in [6.07, 6.45) is -3.97. The molecule has 0 fully saturated rings. The first-order valence-corrected chi connectivity index (χ1v) is 8.63. The number of aromatic nitrogens is 2. The maximum atomic E-state index is 12.9. The predicted molar refractivity (Wildman–Crippen MR) is 89.6 cm³/mol. The molecule has 2 aromatic carbocycles. The van der Waals surface area contributed by atoms with Gasteiger partial charge in [-0.2, -0.15) is 13.2 Å². The van der Waals surface area contributed by atoms with Crippen LogP contribution in [-0.4, -0.2) is 10.2 Å². The van der Waals surface area contributed by atoms with Crippen LogP contribution in [0.15, 0.2) is 57.8 Å². The summed E-state index contributed by atoms with van der Waals surface area (Å²) in [6, 6.07) is 13.4. The van der Waals surface area contributed by atoms with E-state index >= 15 is 0 Å². The molecule has 0 bridgehead atoms. The van der Waals surface area contributed by atoms with Gasteiger partial charge in [-0.3, -0.25) is 0 Å². The Morgan fingerprint density at radius 2 is 1.72 bits per heavy atom. The molecule has 3 nitrogen and oxygen atoms in total. The minimum atomic E-state index is -4.49. The normalized spacial score (nSPS) is 11.7. The van der Waals surface area contributed by atoms with Crippen molar-refractivity contribution in [1.29, 1.82) is 0 Å². The fraction of sp³-hybridized carbons (Fsp3) is 0.176. The van der Waals surface area contributed by atoms with Gasteiger partial charge in [0.25, 0.3) is 0 Å². The highest BCUT2D eigenvalue weighted by atomic mass is 35.5. The Balaban J connectivity index is 1.65. The molecular formula is C17H12ClF3N2OS. The average molecular weight is 385 g/mol. The lowest BCUT2D eigenvalue weighted by molar-refractivity contribution is -0.137. The molecule has 8 heteroatoms. The minimum absolute atomic E-state index is 0.278. The Kier molecular flexibility index (Phi) is 5.34.